The van der Waals surface area contributed by atoms with Gasteiger partial charge in [0, 0.05) is 17.7 Å². The molecule has 0 amide bonds. The molecule has 0 radical (unpaired) electrons. The minimum absolute atomic E-state index is 0.207. The minimum Gasteiger partial charge on any atom is -0.501 e. The van der Waals surface area contributed by atoms with Gasteiger partial charge < -0.3 is 9.84 Å². The van der Waals surface area contributed by atoms with E-state index in [0.717, 1.165) is 17.1 Å². The van der Waals surface area contributed by atoms with Crippen LogP contribution < -0.4 is 0 Å². The lowest BCUT2D eigenvalue weighted by Gasteiger charge is -2.20. The zero-order valence-electron chi connectivity index (χ0n) is 8.01. The number of thioether (sulfide) groups is 1. The van der Waals surface area contributed by atoms with Crippen LogP contribution >= 0.6 is 11.8 Å². The highest BCUT2D eigenvalue weighted by Gasteiger charge is 2.23. The SMILES string of the molecule is COC1=C(C2CSC=N2)C=CC(O)C1. The van der Waals surface area contributed by atoms with E-state index >= 15 is 0 Å². The highest BCUT2D eigenvalue weighted by atomic mass is 32.2. The molecule has 1 aliphatic carbocycles. The third-order valence-electron chi connectivity index (χ3n) is 2.39. The first-order valence-electron chi connectivity index (χ1n) is 4.58. The fraction of sp³-hybridized carbons (Fsp3) is 0.500. The average Bonchev–Trinajstić information content (AvgIpc) is 2.70. The first kappa shape index (κ1) is 9.80. The molecule has 1 aliphatic heterocycles. The van der Waals surface area contributed by atoms with Crippen LogP contribution in [-0.2, 0) is 4.74 Å². The molecule has 0 aromatic carbocycles. The maximum absolute atomic E-state index is 9.43. The van der Waals surface area contributed by atoms with Gasteiger partial charge in [-0.05, 0) is 0 Å². The van der Waals surface area contributed by atoms with E-state index in [4.69, 9.17) is 4.74 Å². The lowest BCUT2D eigenvalue weighted by Crippen LogP contribution is -2.17. The Hall–Kier alpha value is -0.740. The smallest absolute Gasteiger partial charge is 0.104 e. The largest absolute Gasteiger partial charge is 0.501 e. The monoisotopic (exact) mass is 211 g/mol. The van der Waals surface area contributed by atoms with E-state index < -0.39 is 6.10 Å². The van der Waals surface area contributed by atoms with Crippen LogP contribution in [0, 0.1) is 0 Å². The molecule has 0 saturated heterocycles. The number of aliphatic hydroxyl groups excluding tert-OH is 1. The quantitative estimate of drug-likeness (QED) is 0.749. The Morgan fingerprint density at radius 3 is 3.14 bits per heavy atom. The van der Waals surface area contributed by atoms with Crippen LogP contribution in [0.3, 0.4) is 0 Å². The van der Waals surface area contributed by atoms with E-state index in [0.29, 0.717) is 6.42 Å². The molecule has 2 atom stereocenters. The van der Waals surface area contributed by atoms with Gasteiger partial charge in [0.1, 0.15) is 5.76 Å². The van der Waals surface area contributed by atoms with E-state index in [1.54, 1.807) is 24.9 Å². The summed E-state index contributed by atoms with van der Waals surface area (Å²) >= 11 is 1.71. The van der Waals surface area contributed by atoms with Gasteiger partial charge in [-0.1, -0.05) is 12.2 Å². The highest BCUT2D eigenvalue weighted by molar-refractivity contribution is 8.12. The van der Waals surface area contributed by atoms with Gasteiger partial charge in [0.2, 0.25) is 0 Å². The van der Waals surface area contributed by atoms with Gasteiger partial charge in [-0.25, -0.2) is 0 Å². The predicted octanol–water partition coefficient (Wildman–Crippen LogP) is 1.35. The van der Waals surface area contributed by atoms with Crippen LogP contribution in [0.5, 0.6) is 0 Å². The van der Waals surface area contributed by atoms with E-state index in [1.807, 2.05) is 11.6 Å². The van der Waals surface area contributed by atoms with Gasteiger partial charge in [0.25, 0.3) is 0 Å². The molecule has 0 bridgehead atoms. The number of methoxy groups -OCH3 is 1. The van der Waals surface area contributed by atoms with Crippen molar-refractivity contribution in [2.45, 2.75) is 18.6 Å². The lowest BCUT2D eigenvalue weighted by molar-refractivity contribution is 0.178. The predicted molar refractivity (Wildman–Crippen MR) is 58.5 cm³/mol. The molecule has 14 heavy (non-hydrogen) atoms. The van der Waals surface area contributed by atoms with Gasteiger partial charge in [0.05, 0.1) is 24.8 Å². The summed E-state index contributed by atoms with van der Waals surface area (Å²) in [5.41, 5.74) is 2.99. The molecule has 2 unspecified atom stereocenters. The number of hydrogen-bond donors (Lipinski definition) is 1. The van der Waals surface area contributed by atoms with Crippen molar-refractivity contribution in [3.63, 3.8) is 0 Å². The number of aliphatic imine (C=N–C) groups is 1. The first-order chi connectivity index (χ1) is 6.81. The summed E-state index contributed by atoms with van der Waals surface area (Å²) in [5, 5.41) is 9.43. The van der Waals surface area contributed by atoms with Crippen molar-refractivity contribution in [1.29, 1.82) is 0 Å². The number of aliphatic hydroxyl groups is 1. The second-order valence-corrected chi connectivity index (χ2v) is 4.19. The Balaban J connectivity index is 2.22. The molecule has 4 heteroatoms. The summed E-state index contributed by atoms with van der Waals surface area (Å²) in [5.74, 6) is 1.84. The molecule has 2 aliphatic rings. The van der Waals surface area contributed by atoms with E-state index in [-0.39, 0.29) is 6.04 Å². The van der Waals surface area contributed by atoms with Crippen molar-refractivity contribution >= 4 is 17.3 Å². The lowest BCUT2D eigenvalue weighted by atomic mass is 9.98. The van der Waals surface area contributed by atoms with Crippen molar-refractivity contribution in [1.82, 2.24) is 0 Å². The van der Waals surface area contributed by atoms with E-state index in [1.165, 1.54) is 0 Å². The Bertz CT molecular complexity index is 309. The number of hydrogen-bond acceptors (Lipinski definition) is 4. The molecule has 0 fully saturated rings. The molecule has 0 saturated carbocycles. The molecule has 0 aromatic heterocycles. The number of nitrogens with zero attached hydrogens (tertiary/aromatic N) is 1. The van der Waals surface area contributed by atoms with Crippen molar-refractivity contribution in [2.24, 2.45) is 4.99 Å². The Kier molecular flexibility index (Phi) is 2.93. The molecular weight excluding hydrogens is 198 g/mol. The zero-order valence-corrected chi connectivity index (χ0v) is 8.83. The normalized spacial score (nSPS) is 31.3. The van der Waals surface area contributed by atoms with Crippen LogP contribution in [0.2, 0.25) is 0 Å². The number of rotatable bonds is 2. The summed E-state index contributed by atoms with van der Waals surface area (Å²) in [6.07, 6.45) is 3.89. The Morgan fingerprint density at radius 1 is 1.64 bits per heavy atom. The summed E-state index contributed by atoms with van der Waals surface area (Å²) in [6.45, 7) is 0. The molecule has 1 heterocycles. The van der Waals surface area contributed by atoms with Gasteiger partial charge in [0.15, 0.2) is 0 Å². The fourth-order valence-corrected chi connectivity index (χ4v) is 2.41. The number of ether oxygens (including phenoxy) is 1. The third kappa shape index (κ3) is 1.86. The van der Waals surface area contributed by atoms with Crippen LogP contribution in [0.15, 0.2) is 28.5 Å². The second-order valence-electron chi connectivity index (χ2n) is 3.32. The van der Waals surface area contributed by atoms with Crippen molar-refractivity contribution in [2.75, 3.05) is 12.9 Å². The standard InChI is InChI=1S/C10H13NO2S/c1-13-10-4-7(12)2-3-8(10)9-5-14-6-11-9/h2-3,6-7,9,12H,4-5H2,1H3. The minimum atomic E-state index is -0.410. The second kappa shape index (κ2) is 4.19. The molecule has 0 spiro atoms. The summed E-state index contributed by atoms with van der Waals surface area (Å²) in [7, 11) is 1.65. The van der Waals surface area contributed by atoms with Crippen molar-refractivity contribution < 1.29 is 9.84 Å². The summed E-state index contributed by atoms with van der Waals surface area (Å²) < 4.78 is 5.27. The van der Waals surface area contributed by atoms with E-state index in [2.05, 4.69) is 4.99 Å². The van der Waals surface area contributed by atoms with Crippen molar-refractivity contribution in [3.05, 3.63) is 23.5 Å². The Morgan fingerprint density at radius 2 is 2.50 bits per heavy atom. The summed E-state index contributed by atoms with van der Waals surface area (Å²) in [4.78, 5) is 4.35. The van der Waals surface area contributed by atoms with Gasteiger partial charge in [-0.2, -0.15) is 0 Å². The van der Waals surface area contributed by atoms with Crippen LogP contribution in [0.1, 0.15) is 6.42 Å². The molecule has 0 aromatic rings. The maximum Gasteiger partial charge on any atom is 0.104 e. The van der Waals surface area contributed by atoms with Crippen LogP contribution in [-0.4, -0.2) is 35.7 Å². The van der Waals surface area contributed by atoms with Gasteiger partial charge in [-0.3, -0.25) is 4.99 Å². The first-order valence-corrected chi connectivity index (χ1v) is 5.62. The van der Waals surface area contributed by atoms with Gasteiger partial charge in [-0.15, -0.1) is 11.8 Å². The fourth-order valence-electron chi connectivity index (χ4n) is 1.65. The molecule has 2 rings (SSSR count). The average molecular weight is 211 g/mol. The van der Waals surface area contributed by atoms with Crippen LogP contribution in [0.25, 0.3) is 0 Å². The molecule has 3 nitrogen and oxygen atoms in total. The van der Waals surface area contributed by atoms with Crippen LogP contribution in [0.4, 0.5) is 0 Å². The van der Waals surface area contributed by atoms with Crippen molar-refractivity contribution in [3.8, 4) is 0 Å². The topological polar surface area (TPSA) is 41.8 Å². The van der Waals surface area contributed by atoms with E-state index in [9.17, 15) is 5.11 Å². The highest BCUT2D eigenvalue weighted by Crippen LogP contribution is 2.27. The zero-order chi connectivity index (χ0) is 9.97. The third-order valence-corrected chi connectivity index (χ3v) is 3.17. The molecular formula is C10H13NO2S. The van der Waals surface area contributed by atoms with Gasteiger partial charge >= 0.3 is 0 Å². The summed E-state index contributed by atoms with van der Waals surface area (Å²) in [6, 6.07) is 0.207. The Labute approximate surface area is 87.6 Å². The molecule has 1 N–H and O–H groups in total. The maximum atomic E-state index is 9.43. The molecule has 76 valence electrons.